The maximum Gasteiger partial charge on any atom is 0.0662 e. The van der Waals surface area contributed by atoms with Crippen LogP contribution in [0.1, 0.15) is 35.4 Å². The Labute approximate surface area is 109 Å². The molecule has 1 heterocycles. The number of nitrogens with zero attached hydrogens (tertiary/aromatic N) is 2. The minimum Gasteiger partial charge on any atom is -0.265 e. The van der Waals surface area contributed by atoms with Gasteiger partial charge in [0.1, 0.15) is 0 Å². The van der Waals surface area contributed by atoms with Crippen LogP contribution >= 0.6 is 0 Å². The Hall–Kier alpha value is -2.01. The summed E-state index contributed by atoms with van der Waals surface area (Å²) >= 11 is 0. The number of hydrogen-bond donors (Lipinski definition) is 0. The topological polar surface area (TPSA) is 17.8 Å². The zero-order chi connectivity index (χ0) is 13.1. The molecule has 2 rings (SSSR count). The van der Waals surface area contributed by atoms with Gasteiger partial charge in [-0.15, -0.1) is 6.42 Å². The molecule has 0 bridgehead atoms. The van der Waals surface area contributed by atoms with E-state index in [0.29, 0.717) is 0 Å². The lowest BCUT2D eigenvalue weighted by atomic mass is 10.0. The second kappa shape index (κ2) is 5.10. The van der Waals surface area contributed by atoms with E-state index in [0.717, 1.165) is 12.2 Å². The fraction of sp³-hybridized carbons (Fsp3) is 0.312. The molecule has 2 nitrogen and oxygen atoms in total. The predicted octanol–water partition coefficient (Wildman–Crippen LogP) is 3.28. The quantitative estimate of drug-likeness (QED) is 0.750. The van der Waals surface area contributed by atoms with Crippen molar-refractivity contribution in [2.75, 3.05) is 0 Å². The second-order valence-electron chi connectivity index (χ2n) is 4.62. The maximum atomic E-state index is 5.52. The molecule has 18 heavy (non-hydrogen) atoms. The van der Waals surface area contributed by atoms with Crippen LogP contribution in [0.2, 0.25) is 0 Å². The molecule has 0 saturated heterocycles. The van der Waals surface area contributed by atoms with Gasteiger partial charge < -0.3 is 0 Å². The maximum absolute atomic E-state index is 5.52. The van der Waals surface area contributed by atoms with Crippen LogP contribution in [-0.4, -0.2) is 9.78 Å². The van der Waals surface area contributed by atoms with Crippen LogP contribution in [-0.2, 0) is 6.54 Å². The van der Waals surface area contributed by atoms with Gasteiger partial charge in [-0.05, 0) is 26.3 Å². The van der Waals surface area contributed by atoms with Gasteiger partial charge in [0.15, 0.2) is 0 Å². The largest absolute Gasteiger partial charge is 0.265 e. The van der Waals surface area contributed by atoms with Gasteiger partial charge in [0, 0.05) is 17.2 Å². The summed E-state index contributed by atoms with van der Waals surface area (Å²) in [6.45, 7) is 6.96. The number of hydrogen-bond acceptors (Lipinski definition) is 1. The lowest BCUT2D eigenvalue weighted by Gasteiger charge is -2.07. The van der Waals surface area contributed by atoms with Crippen LogP contribution in [0.25, 0.3) is 0 Å². The molecule has 1 aromatic carbocycles. The minimum atomic E-state index is 0.120. The molecule has 1 atom stereocenters. The smallest absolute Gasteiger partial charge is 0.0662 e. The SMILES string of the molecule is C#CC(C)c1c(C)nn(Cc2ccccc2)c1C. The Kier molecular flexibility index (Phi) is 3.53. The lowest BCUT2D eigenvalue weighted by Crippen LogP contribution is -2.04. The summed E-state index contributed by atoms with van der Waals surface area (Å²) < 4.78 is 2.04. The van der Waals surface area contributed by atoms with Crippen molar-refractivity contribution in [3.05, 3.63) is 52.8 Å². The van der Waals surface area contributed by atoms with E-state index in [-0.39, 0.29) is 5.92 Å². The molecule has 0 amide bonds. The highest BCUT2D eigenvalue weighted by molar-refractivity contribution is 5.33. The fourth-order valence-corrected chi connectivity index (χ4v) is 2.33. The fourth-order valence-electron chi connectivity index (χ4n) is 2.33. The molecule has 0 aliphatic carbocycles. The summed E-state index contributed by atoms with van der Waals surface area (Å²) in [6, 6.07) is 10.3. The normalized spacial score (nSPS) is 12.1. The van der Waals surface area contributed by atoms with Gasteiger partial charge >= 0.3 is 0 Å². The number of aryl methyl sites for hydroxylation is 1. The Morgan fingerprint density at radius 1 is 1.28 bits per heavy atom. The van der Waals surface area contributed by atoms with Gasteiger partial charge in [-0.2, -0.15) is 5.10 Å². The standard InChI is InChI=1S/C16H18N2/c1-5-12(2)16-13(3)17-18(14(16)4)11-15-9-7-6-8-10-15/h1,6-10,12H,11H2,2-4H3. The number of rotatable bonds is 3. The molecular formula is C16H18N2. The van der Waals surface area contributed by atoms with E-state index in [1.165, 1.54) is 16.8 Å². The molecule has 2 aromatic rings. The van der Waals surface area contributed by atoms with Crippen molar-refractivity contribution in [2.24, 2.45) is 0 Å². The first kappa shape index (κ1) is 12.4. The minimum absolute atomic E-state index is 0.120. The van der Waals surface area contributed by atoms with E-state index in [2.05, 4.69) is 30.1 Å². The Morgan fingerprint density at radius 2 is 1.94 bits per heavy atom. The monoisotopic (exact) mass is 238 g/mol. The molecule has 1 unspecified atom stereocenters. The zero-order valence-electron chi connectivity index (χ0n) is 11.1. The average Bonchev–Trinajstić information content (AvgIpc) is 2.65. The van der Waals surface area contributed by atoms with Crippen molar-refractivity contribution in [2.45, 2.75) is 33.2 Å². The van der Waals surface area contributed by atoms with E-state index >= 15 is 0 Å². The number of terminal acetylenes is 1. The van der Waals surface area contributed by atoms with E-state index in [9.17, 15) is 0 Å². The Bertz CT molecular complexity index is 573. The third-order valence-corrected chi connectivity index (χ3v) is 3.30. The van der Waals surface area contributed by atoms with E-state index < -0.39 is 0 Å². The molecule has 2 heteroatoms. The average molecular weight is 238 g/mol. The number of aromatic nitrogens is 2. The van der Waals surface area contributed by atoms with Gasteiger partial charge in [-0.25, -0.2) is 0 Å². The van der Waals surface area contributed by atoms with Gasteiger partial charge in [0.05, 0.1) is 12.2 Å². The Balaban J connectivity index is 2.34. The summed E-state index contributed by atoms with van der Waals surface area (Å²) in [5.41, 5.74) is 4.65. The molecular weight excluding hydrogens is 220 g/mol. The highest BCUT2D eigenvalue weighted by Gasteiger charge is 2.15. The highest BCUT2D eigenvalue weighted by atomic mass is 15.3. The van der Waals surface area contributed by atoms with Gasteiger partial charge in [-0.1, -0.05) is 36.3 Å². The molecule has 0 aliphatic rings. The Morgan fingerprint density at radius 3 is 2.56 bits per heavy atom. The molecule has 0 spiro atoms. The third-order valence-electron chi connectivity index (χ3n) is 3.30. The molecule has 0 saturated carbocycles. The second-order valence-corrected chi connectivity index (χ2v) is 4.62. The van der Waals surface area contributed by atoms with Crippen LogP contribution < -0.4 is 0 Å². The predicted molar refractivity (Wildman–Crippen MR) is 74.5 cm³/mol. The van der Waals surface area contributed by atoms with E-state index in [1.54, 1.807) is 0 Å². The van der Waals surface area contributed by atoms with Crippen LogP contribution in [0.5, 0.6) is 0 Å². The summed E-state index contributed by atoms with van der Waals surface area (Å²) in [5, 5.41) is 4.60. The molecule has 0 radical (unpaired) electrons. The number of benzene rings is 1. The first-order valence-corrected chi connectivity index (χ1v) is 6.17. The van der Waals surface area contributed by atoms with Gasteiger partial charge in [0.25, 0.3) is 0 Å². The first-order chi connectivity index (χ1) is 8.63. The summed E-state index contributed by atoms with van der Waals surface area (Å²) in [4.78, 5) is 0. The molecule has 0 fully saturated rings. The van der Waals surface area contributed by atoms with E-state index in [4.69, 9.17) is 6.42 Å². The van der Waals surface area contributed by atoms with Crippen LogP contribution in [0.4, 0.5) is 0 Å². The van der Waals surface area contributed by atoms with E-state index in [1.807, 2.05) is 36.7 Å². The van der Waals surface area contributed by atoms with Crippen LogP contribution in [0.3, 0.4) is 0 Å². The van der Waals surface area contributed by atoms with Crippen molar-refractivity contribution < 1.29 is 0 Å². The van der Waals surface area contributed by atoms with Crippen molar-refractivity contribution in [3.63, 3.8) is 0 Å². The van der Waals surface area contributed by atoms with Crippen molar-refractivity contribution in [1.29, 1.82) is 0 Å². The molecule has 0 aliphatic heterocycles. The van der Waals surface area contributed by atoms with Gasteiger partial charge in [-0.3, -0.25) is 4.68 Å². The third kappa shape index (κ3) is 2.31. The van der Waals surface area contributed by atoms with Gasteiger partial charge in [0.2, 0.25) is 0 Å². The van der Waals surface area contributed by atoms with Crippen molar-refractivity contribution in [1.82, 2.24) is 9.78 Å². The first-order valence-electron chi connectivity index (χ1n) is 6.17. The molecule has 1 aromatic heterocycles. The summed E-state index contributed by atoms with van der Waals surface area (Å²) in [7, 11) is 0. The van der Waals surface area contributed by atoms with Crippen LogP contribution in [0.15, 0.2) is 30.3 Å². The van der Waals surface area contributed by atoms with Crippen molar-refractivity contribution >= 4 is 0 Å². The zero-order valence-corrected chi connectivity index (χ0v) is 11.1. The van der Waals surface area contributed by atoms with Crippen molar-refractivity contribution in [3.8, 4) is 12.3 Å². The highest BCUT2D eigenvalue weighted by Crippen LogP contribution is 2.23. The van der Waals surface area contributed by atoms with Crippen LogP contribution in [0, 0.1) is 26.2 Å². The molecule has 92 valence electrons. The lowest BCUT2D eigenvalue weighted by molar-refractivity contribution is 0.658. The summed E-state index contributed by atoms with van der Waals surface area (Å²) in [6.07, 6.45) is 5.52. The summed E-state index contributed by atoms with van der Waals surface area (Å²) in [5.74, 6) is 2.91. The molecule has 0 N–H and O–H groups in total.